The fourth-order valence-corrected chi connectivity index (χ4v) is 3.32. The molecule has 7 nitrogen and oxygen atoms in total. The maximum Gasteiger partial charge on any atom is 0.337 e. The van der Waals surface area contributed by atoms with Crippen LogP contribution in [0.4, 0.5) is 0 Å². The van der Waals surface area contributed by atoms with Gasteiger partial charge in [-0.25, -0.2) is 4.79 Å². The highest BCUT2D eigenvalue weighted by molar-refractivity contribution is 5.94. The van der Waals surface area contributed by atoms with Gasteiger partial charge < -0.3 is 10.0 Å². The molecule has 0 saturated heterocycles. The van der Waals surface area contributed by atoms with Crippen molar-refractivity contribution < 1.29 is 14.7 Å². The summed E-state index contributed by atoms with van der Waals surface area (Å²) in [5.41, 5.74) is 1.64. The SMILES string of the molecule is Cn1cc([C@@H]2C[C@H]2CN(C(=O)c2ccc(C(=O)O)cn2)C2CC2)cn1. The molecule has 2 aromatic heterocycles. The van der Waals surface area contributed by atoms with Gasteiger partial charge in [-0.1, -0.05) is 0 Å². The van der Waals surface area contributed by atoms with Crippen LogP contribution in [0.1, 0.15) is 51.6 Å². The van der Waals surface area contributed by atoms with Crippen LogP contribution in [0.25, 0.3) is 0 Å². The first kappa shape index (κ1) is 15.8. The zero-order valence-electron chi connectivity index (χ0n) is 14.0. The second-order valence-electron chi connectivity index (χ2n) is 6.98. The predicted octanol–water partition coefficient (Wildman–Crippen LogP) is 1.92. The van der Waals surface area contributed by atoms with E-state index < -0.39 is 5.97 Å². The lowest BCUT2D eigenvalue weighted by Crippen LogP contribution is -2.35. The smallest absolute Gasteiger partial charge is 0.337 e. The number of aromatic nitrogens is 3. The second kappa shape index (κ2) is 5.98. The summed E-state index contributed by atoms with van der Waals surface area (Å²) >= 11 is 0. The van der Waals surface area contributed by atoms with Gasteiger partial charge in [-0.05, 0) is 48.8 Å². The van der Waals surface area contributed by atoms with Crippen LogP contribution in [-0.2, 0) is 7.05 Å². The molecule has 2 aliphatic carbocycles. The molecule has 25 heavy (non-hydrogen) atoms. The van der Waals surface area contributed by atoms with Crippen molar-refractivity contribution >= 4 is 11.9 Å². The van der Waals surface area contributed by atoms with Gasteiger partial charge in [0.25, 0.3) is 5.91 Å². The van der Waals surface area contributed by atoms with E-state index in [0.29, 0.717) is 23.6 Å². The lowest BCUT2D eigenvalue weighted by molar-refractivity contribution is 0.0690. The van der Waals surface area contributed by atoms with E-state index in [1.165, 1.54) is 23.9 Å². The quantitative estimate of drug-likeness (QED) is 0.868. The minimum Gasteiger partial charge on any atom is -0.478 e. The van der Waals surface area contributed by atoms with Gasteiger partial charge in [-0.15, -0.1) is 0 Å². The first-order valence-corrected chi connectivity index (χ1v) is 8.52. The summed E-state index contributed by atoms with van der Waals surface area (Å²) in [4.78, 5) is 29.7. The van der Waals surface area contributed by atoms with Crippen LogP contribution in [0.2, 0.25) is 0 Å². The van der Waals surface area contributed by atoms with E-state index in [9.17, 15) is 9.59 Å². The lowest BCUT2D eigenvalue weighted by Gasteiger charge is -2.22. The number of aryl methyl sites for hydroxylation is 1. The average Bonchev–Trinajstić information content (AvgIpc) is 3.52. The molecule has 2 aromatic rings. The molecule has 4 rings (SSSR count). The zero-order chi connectivity index (χ0) is 17.6. The highest BCUT2D eigenvalue weighted by atomic mass is 16.4. The van der Waals surface area contributed by atoms with Crippen LogP contribution >= 0.6 is 0 Å². The van der Waals surface area contributed by atoms with Crippen molar-refractivity contribution in [3.8, 4) is 0 Å². The first-order chi connectivity index (χ1) is 12.0. The van der Waals surface area contributed by atoms with Gasteiger partial charge in [0.15, 0.2) is 0 Å². The number of amides is 1. The number of carboxylic acids is 1. The topological polar surface area (TPSA) is 88.3 Å². The minimum atomic E-state index is -1.04. The standard InChI is InChI=1S/C18H20N4O3/c1-21-9-13(8-20-21)15-6-12(15)10-22(14-3-4-14)17(23)16-5-2-11(7-19-16)18(24)25/h2,5,7-9,12,14-15H,3-4,6,10H2,1H3,(H,24,25)/t12-,15+/m0/s1. The van der Waals surface area contributed by atoms with E-state index in [0.717, 1.165) is 25.8 Å². The molecule has 1 N–H and O–H groups in total. The zero-order valence-corrected chi connectivity index (χ0v) is 14.0. The van der Waals surface area contributed by atoms with Gasteiger partial charge in [0.2, 0.25) is 0 Å². The minimum absolute atomic E-state index is 0.0911. The number of carbonyl (C=O) groups excluding carboxylic acids is 1. The summed E-state index contributed by atoms with van der Waals surface area (Å²) in [5.74, 6) is -0.198. The lowest BCUT2D eigenvalue weighted by atomic mass is 10.2. The summed E-state index contributed by atoms with van der Waals surface area (Å²) < 4.78 is 1.81. The van der Waals surface area contributed by atoms with E-state index in [1.54, 1.807) is 0 Å². The Balaban J connectivity index is 1.45. The van der Waals surface area contributed by atoms with Crippen molar-refractivity contribution in [2.45, 2.75) is 31.2 Å². The predicted molar refractivity (Wildman–Crippen MR) is 89.3 cm³/mol. The van der Waals surface area contributed by atoms with Crippen molar-refractivity contribution in [1.29, 1.82) is 0 Å². The molecule has 0 aliphatic heterocycles. The third kappa shape index (κ3) is 3.26. The summed E-state index contributed by atoms with van der Waals surface area (Å²) in [7, 11) is 1.91. The molecule has 0 spiro atoms. The highest BCUT2D eigenvalue weighted by Crippen LogP contribution is 2.48. The molecular formula is C18H20N4O3. The molecule has 0 unspecified atom stereocenters. The van der Waals surface area contributed by atoms with Crippen molar-refractivity contribution in [1.82, 2.24) is 19.7 Å². The van der Waals surface area contributed by atoms with Crippen molar-refractivity contribution in [3.05, 3.63) is 47.5 Å². The number of hydrogen-bond acceptors (Lipinski definition) is 4. The molecule has 1 amide bonds. The Labute approximate surface area is 145 Å². The molecule has 2 heterocycles. The third-order valence-corrected chi connectivity index (χ3v) is 4.98. The molecule has 0 aromatic carbocycles. The van der Waals surface area contributed by atoms with E-state index in [2.05, 4.69) is 10.1 Å². The van der Waals surface area contributed by atoms with Gasteiger partial charge in [0, 0.05) is 32.0 Å². The summed E-state index contributed by atoms with van der Waals surface area (Å²) in [6.07, 6.45) is 8.33. The number of carboxylic acid groups (broad SMARTS) is 1. The summed E-state index contributed by atoms with van der Waals surface area (Å²) in [6, 6.07) is 3.24. The van der Waals surface area contributed by atoms with Crippen LogP contribution in [-0.4, -0.2) is 49.2 Å². The van der Waals surface area contributed by atoms with Crippen LogP contribution < -0.4 is 0 Å². The van der Waals surface area contributed by atoms with Crippen molar-refractivity contribution in [3.63, 3.8) is 0 Å². The number of rotatable bonds is 6. The first-order valence-electron chi connectivity index (χ1n) is 8.52. The Hall–Kier alpha value is -2.70. The molecular weight excluding hydrogens is 320 g/mol. The van der Waals surface area contributed by atoms with E-state index >= 15 is 0 Å². The molecule has 2 saturated carbocycles. The Morgan fingerprint density at radius 3 is 2.68 bits per heavy atom. The molecule has 0 radical (unpaired) electrons. The van der Waals surface area contributed by atoms with Crippen molar-refractivity contribution in [2.75, 3.05) is 6.54 Å². The third-order valence-electron chi connectivity index (χ3n) is 4.98. The summed E-state index contributed by atoms with van der Waals surface area (Å²) in [5, 5.41) is 13.2. The molecule has 7 heteroatoms. The Morgan fingerprint density at radius 2 is 2.12 bits per heavy atom. The number of hydrogen-bond donors (Lipinski definition) is 1. The fraction of sp³-hybridized carbons (Fsp3) is 0.444. The van der Waals surface area contributed by atoms with Crippen LogP contribution in [0.15, 0.2) is 30.7 Å². The van der Waals surface area contributed by atoms with Gasteiger partial charge in [-0.2, -0.15) is 5.10 Å². The van der Waals surface area contributed by atoms with Gasteiger partial charge >= 0.3 is 5.97 Å². The van der Waals surface area contributed by atoms with E-state index in [4.69, 9.17) is 5.11 Å². The van der Waals surface area contributed by atoms with E-state index in [-0.39, 0.29) is 11.5 Å². The van der Waals surface area contributed by atoms with E-state index in [1.807, 2.05) is 29.0 Å². The van der Waals surface area contributed by atoms with Gasteiger partial charge in [0.05, 0.1) is 11.8 Å². The number of carbonyl (C=O) groups is 2. The second-order valence-corrected chi connectivity index (χ2v) is 6.98. The largest absolute Gasteiger partial charge is 0.478 e. The molecule has 2 fully saturated rings. The van der Waals surface area contributed by atoms with Crippen LogP contribution in [0.3, 0.4) is 0 Å². The molecule has 0 bridgehead atoms. The maximum absolute atomic E-state index is 12.8. The average molecular weight is 340 g/mol. The Morgan fingerprint density at radius 1 is 1.32 bits per heavy atom. The Kier molecular flexibility index (Phi) is 3.78. The molecule has 130 valence electrons. The van der Waals surface area contributed by atoms with Crippen molar-refractivity contribution in [2.24, 2.45) is 13.0 Å². The summed E-state index contributed by atoms with van der Waals surface area (Å²) in [6.45, 7) is 0.728. The van der Waals surface area contributed by atoms with Crippen LogP contribution in [0.5, 0.6) is 0 Å². The van der Waals surface area contributed by atoms with Crippen LogP contribution in [0, 0.1) is 5.92 Å². The number of aromatic carboxylic acids is 1. The Bertz CT molecular complexity index is 810. The molecule has 2 aliphatic rings. The van der Waals surface area contributed by atoms with Gasteiger partial charge in [-0.3, -0.25) is 14.5 Å². The molecule has 2 atom stereocenters. The maximum atomic E-state index is 12.8. The normalized spacial score (nSPS) is 21.8. The number of nitrogens with zero attached hydrogens (tertiary/aromatic N) is 4. The van der Waals surface area contributed by atoms with Gasteiger partial charge in [0.1, 0.15) is 5.69 Å². The highest BCUT2D eigenvalue weighted by Gasteiger charge is 2.44. The number of pyridine rings is 1. The fourth-order valence-electron chi connectivity index (χ4n) is 3.32. The monoisotopic (exact) mass is 340 g/mol.